The lowest BCUT2D eigenvalue weighted by atomic mass is 10.1. The van der Waals surface area contributed by atoms with E-state index < -0.39 is 52.0 Å². The lowest BCUT2D eigenvalue weighted by Crippen LogP contribution is -2.51. The summed E-state index contributed by atoms with van der Waals surface area (Å²) in [4.78, 5) is 50.0. The number of carbonyl (C=O) groups excluding carboxylic acids is 3. The van der Waals surface area contributed by atoms with Gasteiger partial charge in [-0.25, -0.2) is 8.42 Å². The number of sulfone groups is 1. The summed E-state index contributed by atoms with van der Waals surface area (Å²) in [6.07, 6.45) is 2.37. The number of halogens is 1. The minimum atomic E-state index is -3.52. The Bertz CT molecular complexity index is 1070. The van der Waals surface area contributed by atoms with E-state index in [1.54, 1.807) is 0 Å². The number of carboxylic acid groups (broad SMARTS) is 1. The van der Waals surface area contributed by atoms with Gasteiger partial charge in [0.25, 0.3) is 5.91 Å². The second kappa shape index (κ2) is 11.1. The van der Waals surface area contributed by atoms with Crippen LogP contribution in [0.15, 0.2) is 29.7 Å². The van der Waals surface area contributed by atoms with Crippen molar-refractivity contribution in [1.29, 1.82) is 0 Å². The molecule has 1 aromatic carbocycles. The van der Waals surface area contributed by atoms with Crippen LogP contribution >= 0.6 is 11.6 Å². The van der Waals surface area contributed by atoms with Gasteiger partial charge >= 0.3 is 5.97 Å². The van der Waals surface area contributed by atoms with Crippen molar-refractivity contribution in [2.75, 3.05) is 25.1 Å². The molecule has 0 aromatic heterocycles. The Hall–Kier alpha value is -3.12. The van der Waals surface area contributed by atoms with Crippen molar-refractivity contribution >= 4 is 50.8 Å². The van der Waals surface area contributed by atoms with Crippen LogP contribution in [-0.4, -0.2) is 73.5 Å². The Balaban J connectivity index is 2.01. The summed E-state index contributed by atoms with van der Waals surface area (Å²) in [5, 5.41) is 15.0. The van der Waals surface area contributed by atoms with E-state index in [0.717, 1.165) is 17.7 Å². The summed E-state index contributed by atoms with van der Waals surface area (Å²) in [5.41, 5.74) is 6.13. The monoisotopic (exact) mass is 500 g/mol. The van der Waals surface area contributed by atoms with Crippen molar-refractivity contribution in [3.63, 3.8) is 0 Å². The number of hydrogen-bond donors (Lipinski definition) is 4. The van der Waals surface area contributed by atoms with Gasteiger partial charge in [-0.05, 0) is 31.0 Å². The molecule has 1 aliphatic rings. The molecule has 1 saturated heterocycles. The molecule has 0 bridgehead atoms. The predicted octanol–water partition coefficient (Wildman–Crippen LogP) is 0.161. The average Bonchev–Trinajstić information content (AvgIpc) is 3.21. The molecule has 1 aromatic rings. The largest absolute Gasteiger partial charge is 0.481 e. The Kier molecular flexibility index (Phi) is 8.83. The summed E-state index contributed by atoms with van der Waals surface area (Å²) in [6.45, 7) is -0.0829. The zero-order chi connectivity index (χ0) is 24.8. The summed E-state index contributed by atoms with van der Waals surface area (Å²) in [5.74, 6) is -2.88. The Morgan fingerprint density at radius 2 is 2.03 bits per heavy atom. The minimum absolute atomic E-state index is 0.200. The van der Waals surface area contributed by atoms with E-state index in [1.165, 1.54) is 23.1 Å². The number of anilines is 1. The predicted molar refractivity (Wildman–Crippen MR) is 121 cm³/mol. The van der Waals surface area contributed by atoms with Crippen LogP contribution in [0.2, 0.25) is 5.02 Å². The van der Waals surface area contributed by atoms with Crippen molar-refractivity contribution in [3.05, 3.63) is 40.3 Å². The molecule has 1 heterocycles. The number of nitrogens with one attached hydrogen (secondary N) is 2. The maximum Gasteiger partial charge on any atom is 0.305 e. The normalized spacial score (nSPS) is 17.0. The number of nitrogen functional groups attached to an aromatic ring is 1. The summed E-state index contributed by atoms with van der Waals surface area (Å²) in [6, 6.07) is 2.35. The topological polar surface area (TPSA) is 176 Å². The van der Waals surface area contributed by atoms with E-state index in [-0.39, 0.29) is 23.7 Å². The standard InChI is InChI=1S/C20H25ClN4O7S/c1-33(31,32)8-6-13(10-18(27)28)24-20(30)16-3-2-7-25(16)17(26)11-23-19(29)12-4-5-15(22)14(21)9-12/h4-6,8-9,13,16H,2-3,7,10-11,22H2,1H3,(H,23,29)(H,24,30)(H,27,28). The van der Waals surface area contributed by atoms with Gasteiger partial charge in [0.2, 0.25) is 11.8 Å². The van der Waals surface area contributed by atoms with Gasteiger partial charge in [-0.2, -0.15) is 0 Å². The Morgan fingerprint density at radius 1 is 1.33 bits per heavy atom. The van der Waals surface area contributed by atoms with Crippen LogP contribution in [0.1, 0.15) is 29.6 Å². The maximum absolute atomic E-state index is 12.7. The summed E-state index contributed by atoms with van der Waals surface area (Å²) in [7, 11) is -3.52. The van der Waals surface area contributed by atoms with Crippen LogP contribution in [0.25, 0.3) is 0 Å². The average molecular weight is 501 g/mol. The maximum atomic E-state index is 12.7. The number of carbonyl (C=O) groups is 4. The van der Waals surface area contributed by atoms with Gasteiger partial charge in [0.15, 0.2) is 9.84 Å². The van der Waals surface area contributed by atoms with Crippen molar-refractivity contribution in [3.8, 4) is 0 Å². The second-order valence-corrected chi connectivity index (χ2v) is 9.87. The molecule has 2 rings (SSSR count). The fraction of sp³-hybridized carbons (Fsp3) is 0.400. The van der Waals surface area contributed by atoms with E-state index >= 15 is 0 Å². The highest BCUT2D eigenvalue weighted by molar-refractivity contribution is 7.93. The number of nitrogens with zero attached hydrogens (tertiary/aromatic N) is 1. The highest BCUT2D eigenvalue weighted by Crippen LogP contribution is 2.20. The first-order valence-corrected chi connectivity index (χ1v) is 12.2. The number of amides is 3. The zero-order valence-electron chi connectivity index (χ0n) is 17.8. The van der Waals surface area contributed by atoms with Gasteiger partial charge in [0, 0.05) is 23.8 Å². The van der Waals surface area contributed by atoms with E-state index in [9.17, 15) is 27.6 Å². The number of benzene rings is 1. The van der Waals surface area contributed by atoms with Gasteiger partial charge in [-0.1, -0.05) is 17.7 Å². The van der Waals surface area contributed by atoms with E-state index in [4.69, 9.17) is 22.4 Å². The number of likely N-dealkylation sites (tertiary alicyclic amines) is 1. The third kappa shape index (κ3) is 8.06. The molecule has 3 amide bonds. The first kappa shape index (κ1) is 26.1. The number of aliphatic carboxylic acids is 1. The van der Waals surface area contributed by atoms with Crippen LogP contribution in [0.5, 0.6) is 0 Å². The zero-order valence-corrected chi connectivity index (χ0v) is 19.4. The number of hydrogen-bond acceptors (Lipinski definition) is 7. The van der Waals surface area contributed by atoms with E-state index in [1.807, 2.05) is 0 Å². The van der Waals surface area contributed by atoms with Crippen LogP contribution in [0.3, 0.4) is 0 Å². The molecule has 0 radical (unpaired) electrons. The quantitative estimate of drug-likeness (QED) is 0.346. The Labute approximate surface area is 195 Å². The molecule has 180 valence electrons. The third-order valence-electron chi connectivity index (χ3n) is 4.82. The summed E-state index contributed by atoms with van der Waals surface area (Å²) >= 11 is 5.90. The first-order valence-electron chi connectivity index (χ1n) is 9.90. The lowest BCUT2D eigenvalue weighted by molar-refractivity contribution is -0.139. The van der Waals surface area contributed by atoms with Crippen LogP contribution in [0.4, 0.5) is 5.69 Å². The van der Waals surface area contributed by atoms with Crippen molar-refractivity contribution in [2.45, 2.75) is 31.3 Å². The number of nitrogens with two attached hydrogens (primary N) is 1. The van der Waals surface area contributed by atoms with Gasteiger partial charge in [0.05, 0.1) is 29.7 Å². The highest BCUT2D eigenvalue weighted by atomic mass is 35.5. The molecule has 33 heavy (non-hydrogen) atoms. The molecule has 2 unspecified atom stereocenters. The fourth-order valence-corrected chi connectivity index (χ4v) is 3.89. The van der Waals surface area contributed by atoms with Crippen molar-refractivity contribution in [2.24, 2.45) is 0 Å². The van der Waals surface area contributed by atoms with E-state index in [0.29, 0.717) is 18.5 Å². The fourth-order valence-electron chi connectivity index (χ4n) is 3.24. The lowest BCUT2D eigenvalue weighted by Gasteiger charge is -2.25. The molecule has 2 atom stereocenters. The molecular formula is C20H25ClN4O7S. The molecule has 0 spiro atoms. The number of rotatable bonds is 9. The molecule has 0 aliphatic carbocycles. The Morgan fingerprint density at radius 3 is 2.64 bits per heavy atom. The smallest absolute Gasteiger partial charge is 0.305 e. The molecule has 13 heteroatoms. The SMILES string of the molecule is CS(=O)(=O)C=CC(CC(=O)O)NC(=O)C1CCCN1C(=O)CNC(=O)c1ccc(N)c(Cl)c1. The number of carboxylic acids is 1. The molecule has 0 saturated carbocycles. The van der Waals surface area contributed by atoms with Gasteiger partial charge in [-0.15, -0.1) is 0 Å². The molecule has 1 fully saturated rings. The minimum Gasteiger partial charge on any atom is -0.481 e. The molecule has 1 aliphatic heterocycles. The molecular weight excluding hydrogens is 476 g/mol. The molecule has 5 N–H and O–H groups in total. The van der Waals surface area contributed by atoms with Gasteiger partial charge < -0.3 is 26.4 Å². The first-order chi connectivity index (χ1) is 15.4. The molecule has 11 nitrogen and oxygen atoms in total. The van der Waals surface area contributed by atoms with Crippen LogP contribution in [0, 0.1) is 0 Å². The summed E-state index contributed by atoms with van der Waals surface area (Å²) < 4.78 is 22.6. The van der Waals surface area contributed by atoms with Crippen molar-refractivity contribution in [1.82, 2.24) is 15.5 Å². The third-order valence-corrected chi connectivity index (χ3v) is 5.80. The highest BCUT2D eigenvalue weighted by Gasteiger charge is 2.34. The van der Waals surface area contributed by atoms with Gasteiger partial charge in [0.1, 0.15) is 6.04 Å². The van der Waals surface area contributed by atoms with Crippen LogP contribution < -0.4 is 16.4 Å². The van der Waals surface area contributed by atoms with E-state index in [2.05, 4.69) is 10.6 Å². The van der Waals surface area contributed by atoms with Crippen LogP contribution in [-0.2, 0) is 24.2 Å². The second-order valence-electron chi connectivity index (χ2n) is 7.54. The van der Waals surface area contributed by atoms with Gasteiger partial charge in [-0.3, -0.25) is 19.2 Å². The van der Waals surface area contributed by atoms with Crippen molar-refractivity contribution < 1.29 is 32.7 Å².